The molecule has 1 heterocycles. The van der Waals surface area contributed by atoms with Crippen molar-refractivity contribution in [3.63, 3.8) is 0 Å². The van der Waals surface area contributed by atoms with Crippen LogP contribution >= 0.6 is 0 Å². The maximum Gasteiger partial charge on any atom is 0.449 e. The molecule has 0 radical (unpaired) electrons. The van der Waals surface area contributed by atoms with Gasteiger partial charge in [-0.05, 0) is 53.9 Å². The molecule has 2 aliphatic rings. The molecule has 214 valence electrons. The first-order chi connectivity index (χ1) is 16.6. The van der Waals surface area contributed by atoms with Gasteiger partial charge in [-0.15, -0.1) is 0 Å². The Labute approximate surface area is 212 Å². The van der Waals surface area contributed by atoms with Gasteiger partial charge in [0.25, 0.3) is 0 Å². The lowest BCUT2D eigenvalue weighted by atomic mass is 9.76. The number of ether oxygens (including phenoxy) is 4. The summed E-state index contributed by atoms with van der Waals surface area (Å²) in [4.78, 5) is 22.6. The molecule has 8 nitrogen and oxygen atoms in total. The maximum atomic E-state index is 14.0. The van der Waals surface area contributed by atoms with Crippen LogP contribution in [0, 0.1) is 5.92 Å². The van der Waals surface area contributed by atoms with Gasteiger partial charge in [0.05, 0.1) is 5.60 Å². The fourth-order valence-corrected chi connectivity index (χ4v) is 3.79. The van der Waals surface area contributed by atoms with Crippen LogP contribution in [0.15, 0.2) is 24.3 Å². The van der Waals surface area contributed by atoms with Crippen LogP contribution in [0.5, 0.6) is 0 Å². The third-order valence-electron chi connectivity index (χ3n) is 6.16. The number of carbonyl (C=O) groups is 2. The Morgan fingerprint density at radius 3 is 2.00 bits per heavy atom. The van der Waals surface area contributed by atoms with Gasteiger partial charge in [0.2, 0.25) is 0 Å². The zero-order chi connectivity index (χ0) is 29.0. The van der Waals surface area contributed by atoms with Gasteiger partial charge in [0, 0.05) is 17.1 Å². The number of alkyl halides is 5. The Morgan fingerprint density at radius 1 is 1.03 bits per heavy atom. The highest BCUT2D eigenvalue weighted by Gasteiger charge is 2.79. The van der Waals surface area contributed by atoms with Gasteiger partial charge in [0.15, 0.2) is 12.4 Å². The molecule has 2 fully saturated rings. The Kier molecular flexibility index (Phi) is 10.5. The van der Waals surface area contributed by atoms with Gasteiger partial charge < -0.3 is 29.2 Å². The van der Waals surface area contributed by atoms with Gasteiger partial charge in [-0.2, -0.15) is 22.0 Å². The molecule has 0 bridgehead atoms. The van der Waals surface area contributed by atoms with Crippen LogP contribution in [0.1, 0.15) is 60.3 Å². The van der Waals surface area contributed by atoms with E-state index in [4.69, 9.17) is 4.74 Å². The molecule has 1 saturated heterocycles. The molecule has 0 aromatic rings. The molecule has 13 heteroatoms. The van der Waals surface area contributed by atoms with Crippen molar-refractivity contribution in [2.45, 2.75) is 95.5 Å². The molecule has 0 aromatic heterocycles. The Balaban J connectivity index is 0.000000384. The van der Waals surface area contributed by atoms with Crippen molar-refractivity contribution in [1.29, 1.82) is 0 Å². The van der Waals surface area contributed by atoms with Crippen molar-refractivity contribution in [2.75, 3.05) is 13.4 Å². The molecule has 4 atom stereocenters. The summed E-state index contributed by atoms with van der Waals surface area (Å²) in [5, 5.41) is 19.3. The summed E-state index contributed by atoms with van der Waals surface area (Å²) in [7, 11) is 0. The van der Waals surface area contributed by atoms with E-state index in [1.807, 2.05) is 0 Å². The van der Waals surface area contributed by atoms with Gasteiger partial charge >= 0.3 is 29.8 Å². The third kappa shape index (κ3) is 7.49. The zero-order valence-electron chi connectivity index (χ0n) is 21.5. The molecule has 37 heavy (non-hydrogen) atoms. The normalized spacial score (nSPS) is 29.8. The van der Waals surface area contributed by atoms with Gasteiger partial charge in [0.1, 0.15) is 12.7 Å². The lowest BCUT2D eigenvalue weighted by molar-refractivity contribution is -0.501. The smallest absolute Gasteiger partial charge is 0.449 e. The fourth-order valence-electron chi connectivity index (χ4n) is 3.79. The largest absolute Gasteiger partial charge is 0.459 e. The van der Waals surface area contributed by atoms with Crippen LogP contribution in [-0.2, 0) is 28.5 Å². The Morgan fingerprint density at radius 2 is 1.54 bits per heavy atom. The SMILES string of the molecule is C=C(C)C(=O)OC1CCCCC1C(C)(C)O.C=C(C)C(=O)OCC1(C)OCOC(O)(C(F)(F)F)C1(F)F. The fraction of sp³-hybridized carbons (Fsp3) is 0.750. The predicted octanol–water partition coefficient (Wildman–Crippen LogP) is 4.19. The first-order valence-corrected chi connectivity index (χ1v) is 11.5. The molecule has 1 aliphatic heterocycles. The summed E-state index contributed by atoms with van der Waals surface area (Å²) in [6, 6.07) is 0. The van der Waals surface area contributed by atoms with Crippen molar-refractivity contribution in [3.05, 3.63) is 24.3 Å². The molecule has 0 amide bonds. The number of halogens is 5. The van der Waals surface area contributed by atoms with Crippen molar-refractivity contribution >= 4 is 11.9 Å². The minimum Gasteiger partial charge on any atom is -0.459 e. The number of hydrogen-bond acceptors (Lipinski definition) is 8. The van der Waals surface area contributed by atoms with Crippen LogP contribution in [0.4, 0.5) is 22.0 Å². The summed E-state index contributed by atoms with van der Waals surface area (Å²) < 4.78 is 84.0. The van der Waals surface area contributed by atoms with Gasteiger partial charge in [-0.25, -0.2) is 9.59 Å². The second-order valence-electron chi connectivity index (χ2n) is 9.98. The molecule has 1 saturated carbocycles. The van der Waals surface area contributed by atoms with Crippen LogP contribution in [0.3, 0.4) is 0 Å². The monoisotopic (exact) mass is 546 g/mol. The topological polar surface area (TPSA) is 112 Å². The number of esters is 2. The van der Waals surface area contributed by atoms with Gasteiger partial charge in [-0.1, -0.05) is 19.6 Å². The quantitative estimate of drug-likeness (QED) is 0.290. The Bertz CT molecular complexity index is 866. The summed E-state index contributed by atoms with van der Waals surface area (Å²) in [5.41, 5.74) is -3.44. The van der Waals surface area contributed by atoms with Crippen LogP contribution < -0.4 is 0 Å². The molecule has 0 spiro atoms. The third-order valence-corrected chi connectivity index (χ3v) is 6.16. The summed E-state index contributed by atoms with van der Waals surface area (Å²) in [6.45, 7) is 11.3. The minimum atomic E-state index is -5.78. The number of rotatable bonds is 6. The van der Waals surface area contributed by atoms with Gasteiger partial charge in [-0.3, -0.25) is 0 Å². The van der Waals surface area contributed by atoms with E-state index in [9.17, 15) is 41.8 Å². The lowest BCUT2D eigenvalue weighted by Crippen LogP contribution is -2.74. The van der Waals surface area contributed by atoms with E-state index < -0.39 is 48.5 Å². The summed E-state index contributed by atoms with van der Waals surface area (Å²) >= 11 is 0. The second kappa shape index (κ2) is 11.7. The van der Waals surface area contributed by atoms with Crippen molar-refractivity contribution in [1.82, 2.24) is 0 Å². The molecular formula is C24H35F5O8. The summed E-state index contributed by atoms with van der Waals surface area (Å²) in [5.74, 6) is -11.1. The molecule has 0 aromatic carbocycles. The highest BCUT2D eigenvalue weighted by Crippen LogP contribution is 2.52. The van der Waals surface area contributed by atoms with E-state index in [1.165, 1.54) is 6.92 Å². The number of carbonyl (C=O) groups excluding carboxylic acids is 2. The standard InChI is InChI=1S/C13H22O3.C11H13F5O5/c1-9(2)12(14)16-11-8-6-5-7-10(11)13(3,4)15;1-6(2)7(17)19-4-8(3)9(12,13)10(18,11(14,15)16)21-5-20-8/h10-11,15H,1,5-8H2,2-4H3;18H,1,4-5H2,2-3H3. The first kappa shape index (κ1) is 32.9. The van der Waals surface area contributed by atoms with E-state index in [1.54, 1.807) is 20.8 Å². The van der Waals surface area contributed by atoms with E-state index in [2.05, 4.69) is 27.4 Å². The molecule has 4 unspecified atom stereocenters. The second-order valence-corrected chi connectivity index (χ2v) is 9.98. The first-order valence-electron chi connectivity index (χ1n) is 11.5. The average molecular weight is 547 g/mol. The minimum absolute atomic E-state index is 0.0320. The number of hydrogen-bond donors (Lipinski definition) is 2. The van der Waals surface area contributed by atoms with Crippen LogP contribution in [0.25, 0.3) is 0 Å². The predicted molar refractivity (Wildman–Crippen MR) is 120 cm³/mol. The average Bonchev–Trinajstić information content (AvgIpc) is 2.75. The molecule has 2 N–H and O–H groups in total. The Hall–Kier alpha value is -2.09. The van der Waals surface area contributed by atoms with E-state index in [0.717, 1.165) is 25.7 Å². The van der Waals surface area contributed by atoms with Crippen LogP contribution in [-0.4, -0.2) is 70.7 Å². The van der Waals surface area contributed by atoms with E-state index in [0.29, 0.717) is 12.5 Å². The number of aliphatic hydroxyl groups is 2. The molecular weight excluding hydrogens is 511 g/mol. The molecule has 2 rings (SSSR count). The van der Waals surface area contributed by atoms with Crippen molar-refractivity contribution in [3.8, 4) is 0 Å². The highest BCUT2D eigenvalue weighted by atomic mass is 19.4. The van der Waals surface area contributed by atoms with Crippen molar-refractivity contribution < 1.29 is 60.7 Å². The molecule has 1 aliphatic carbocycles. The highest BCUT2D eigenvalue weighted by molar-refractivity contribution is 5.87. The van der Waals surface area contributed by atoms with E-state index >= 15 is 0 Å². The van der Waals surface area contributed by atoms with E-state index in [-0.39, 0.29) is 23.6 Å². The van der Waals surface area contributed by atoms with Crippen molar-refractivity contribution in [2.24, 2.45) is 5.92 Å². The van der Waals surface area contributed by atoms with Crippen LogP contribution in [0.2, 0.25) is 0 Å². The summed E-state index contributed by atoms with van der Waals surface area (Å²) in [6.07, 6.45) is -2.04. The zero-order valence-corrected chi connectivity index (χ0v) is 21.5. The lowest BCUT2D eigenvalue weighted by Gasteiger charge is -2.48. The maximum absolute atomic E-state index is 14.0.